The molecule has 0 aliphatic carbocycles. The zero-order valence-corrected chi connectivity index (χ0v) is 18.2. The van der Waals surface area contributed by atoms with Gasteiger partial charge in [-0.15, -0.1) is 0 Å². The molecule has 4 aromatic rings. The first kappa shape index (κ1) is 21.5. The normalized spacial score (nSPS) is 10.9. The zero-order chi connectivity index (χ0) is 22.7. The number of amides is 1. The highest BCUT2D eigenvalue weighted by molar-refractivity contribution is 6.30. The molecule has 1 amide bonds. The lowest BCUT2D eigenvalue weighted by Crippen LogP contribution is -2.41. The van der Waals surface area contributed by atoms with Gasteiger partial charge in [-0.2, -0.15) is 0 Å². The standard InChI is InChI=1S/C24H21ClN4O3/c1-2-28-21-20(4-3-13-26-21)29(24(32)23(28)31)15-17-5-9-18(10-6-17)22(30)27-14-16-7-11-19(25)12-8-16/h3-13H,2,14-15H2,1H3,(H,27,30). The summed E-state index contributed by atoms with van der Waals surface area (Å²) >= 11 is 5.88. The van der Waals surface area contributed by atoms with Crippen molar-refractivity contribution in [2.24, 2.45) is 0 Å². The molecular formula is C24H21ClN4O3. The number of rotatable bonds is 6. The monoisotopic (exact) mass is 448 g/mol. The summed E-state index contributed by atoms with van der Waals surface area (Å²) in [5.74, 6) is -0.205. The van der Waals surface area contributed by atoms with Gasteiger partial charge in [-0.25, -0.2) is 4.98 Å². The van der Waals surface area contributed by atoms with E-state index in [1.165, 1.54) is 9.13 Å². The molecule has 162 valence electrons. The summed E-state index contributed by atoms with van der Waals surface area (Å²) in [6, 6.07) is 17.7. The second-order valence-corrected chi connectivity index (χ2v) is 7.73. The summed E-state index contributed by atoms with van der Waals surface area (Å²) in [7, 11) is 0. The lowest BCUT2D eigenvalue weighted by atomic mass is 10.1. The van der Waals surface area contributed by atoms with Crippen LogP contribution >= 0.6 is 11.6 Å². The number of benzene rings is 2. The van der Waals surface area contributed by atoms with Gasteiger partial charge in [0.25, 0.3) is 5.91 Å². The van der Waals surface area contributed by atoms with E-state index in [1.807, 2.05) is 12.1 Å². The van der Waals surface area contributed by atoms with Crippen LogP contribution in [0.5, 0.6) is 0 Å². The average Bonchev–Trinajstić information content (AvgIpc) is 2.82. The Hall–Kier alpha value is -3.71. The lowest BCUT2D eigenvalue weighted by Gasteiger charge is -2.13. The maximum atomic E-state index is 12.7. The highest BCUT2D eigenvalue weighted by Gasteiger charge is 2.13. The van der Waals surface area contributed by atoms with Crippen molar-refractivity contribution in [3.63, 3.8) is 0 Å². The van der Waals surface area contributed by atoms with E-state index in [0.717, 1.165) is 11.1 Å². The first-order valence-corrected chi connectivity index (χ1v) is 10.6. The predicted molar refractivity (Wildman–Crippen MR) is 124 cm³/mol. The molecule has 0 bridgehead atoms. The van der Waals surface area contributed by atoms with Crippen molar-refractivity contribution in [2.45, 2.75) is 26.6 Å². The number of hydrogen-bond donors (Lipinski definition) is 1. The molecule has 0 atom stereocenters. The molecule has 32 heavy (non-hydrogen) atoms. The topological polar surface area (TPSA) is 86.0 Å². The number of carbonyl (C=O) groups is 1. The van der Waals surface area contributed by atoms with Gasteiger partial charge >= 0.3 is 11.1 Å². The maximum Gasteiger partial charge on any atom is 0.318 e. The Balaban J connectivity index is 1.54. The molecule has 0 fully saturated rings. The molecule has 7 nitrogen and oxygen atoms in total. The molecule has 4 rings (SSSR count). The van der Waals surface area contributed by atoms with Crippen LogP contribution in [0.25, 0.3) is 11.2 Å². The van der Waals surface area contributed by atoms with Crippen LogP contribution in [-0.2, 0) is 19.6 Å². The number of halogens is 1. The van der Waals surface area contributed by atoms with E-state index in [0.29, 0.717) is 34.8 Å². The van der Waals surface area contributed by atoms with Crippen LogP contribution in [0.3, 0.4) is 0 Å². The van der Waals surface area contributed by atoms with Gasteiger partial charge in [0.2, 0.25) is 0 Å². The van der Waals surface area contributed by atoms with Gasteiger partial charge in [0.05, 0.1) is 12.1 Å². The third-order valence-electron chi connectivity index (χ3n) is 5.23. The summed E-state index contributed by atoms with van der Waals surface area (Å²) < 4.78 is 2.80. The third kappa shape index (κ3) is 4.33. The molecule has 1 N–H and O–H groups in total. The summed E-state index contributed by atoms with van der Waals surface area (Å²) in [6.45, 7) is 2.76. The molecule has 2 heterocycles. The Morgan fingerprint density at radius 3 is 2.28 bits per heavy atom. The number of carbonyl (C=O) groups excluding carboxylic acids is 1. The number of pyridine rings is 1. The molecule has 0 unspecified atom stereocenters. The fourth-order valence-electron chi connectivity index (χ4n) is 3.52. The Labute approximate surface area is 188 Å². The largest absolute Gasteiger partial charge is 0.348 e. The number of aryl methyl sites for hydroxylation is 1. The van der Waals surface area contributed by atoms with Gasteiger partial charge in [-0.1, -0.05) is 35.9 Å². The Kier molecular flexibility index (Phi) is 6.18. The van der Waals surface area contributed by atoms with E-state index in [2.05, 4.69) is 10.3 Å². The van der Waals surface area contributed by atoms with Crippen LogP contribution in [0.15, 0.2) is 76.4 Å². The average molecular weight is 449 g/mol. The van der Waals surface area contributed by atoms with E-state index in [1.54, 1.807) is 61.7 Å². The quantitative estimate of drug-likeness (QED) is 0.459. The lowest BCUT2D eigenvalue weighted by molar-refractivity contribution is 0.0951. The molecule has 0 spiro atoms. The fourth-order valence-corrected chi connectivity index (χ4v) is 3.65. The van der Waals surface area contributed by atoms with E-state index in [-0.39, 0.29) is 12.5 Å². The smallest absolute Gasteiger partial charge is 0.318 e. The Morgan fingerprint density at radius 2 is 1.59 bits per heavy atom. The van der Waals surface area contributed by atoms with E-state index in [9.17, 15) is 14.4 Å². The molecular weight excluding hydrogens is 428 g/mol. The van der Waals surface area contributed by atoms with Crippen LogP contribution in [-0.4, -0.2) is 20.0 Å². The SMILES string of the molecule is CCn1c(=O)c(=O)n(Cc2ccc(C(=O)NCc3ccc(Cl)cc3)cc2)c2cccnc21. The molecule has 0 radical (unpaired) electrons. The van der Waals surface area contributed by atoms with Crippen molar-refractivity contribution in [1.82, 2.24) is 19.4 Å². The zero-order valence-electron chi connectivity index (χ0n) is 17.4. The summed E-state index contributed by atoms with van der Waals surface area (Å²) in [6.07, 6.45) is 1.60. The molecule has 0 aliphatic rings. The second-order valence-electron chi connectivity index (χ2n) is 7.29. The van der Waals surface area contributed by atoms with Crippen molar-refractivity contribution in [1.29, 1.82) is 0 Å². The number of fused-ring (bicyclic) bond motifs is 1. The van der Waals surface area contributed by atoms with Gasteiger partial charge < -0.3 is 5.32 Å². The minimum absolute atomic E-state index is 0.202. The van der Waals surface area contributed by atoms with E-state index >= 15 is 0 Å². The second kappa shape index (κ2) is 9.20. The van der Waals surface area contributed by atoms with Gasteiger partial charge in [0.15, 0.2) is 5.65 Å². The molecule has 8 heteroatoms. The van der Waals surface area contributed by atoms with Crippen LogP contribution in [0.4, 0.5) is 0 Å². The number of aromatic nitrogens is 3. The molecule has 0 aliphatic heterocycles. The van der Waals surface area contributed by atoms with E-state index in [4.69, 9.17) is 11.6 Å². The van der Waals surface area contributed by atoms with Gasteiger partial charge in [-0.05, 0) is 54.4 Å². The van der Waals surface area contributed by atoms with Crippen molar-refractivity contribution in [3.05, 3.63) is 109 Å². The summed E-state index contributed by atoms with van der Waals surface area (Å²) in [5.41, 5.74) is 2.10. The van der Waals surface area contributed by atoms with Crippen LogP contribution in [0, 0.1) is 0 Å². The highest BCUT2D eigenvalue weighted by atomic mass is 35.5. The molecule has 0 saturated carbocycles. The van der Waals surface area contributed by atoms with Crippen molar-refractivity contribution >= 4 is 28.7 Å². The fraction of sp³-hybridized carbons (Fsp3) is 0.167. The highest BCUT2D eigenvalue weighted by Crippen LogP contribution is 2.12. The molecule has 2 aromatic heterocycles. The Morgan fingerprint density at radius 1 is 0.938 bits per heavy atom. The number of hydrogen-bond acceptors (Lipinski definition) is 4. The van der Waals surface area contributed by atoms with E-state index < -0.39 is 11.1 Å². The summed E-state index contributed by atoms with van der Waals surface area (Å²) in [5, 5.41) is 3.51. The minimum Gasteiger partial charge on any atom is -0.348 e. The van der Waals surface area contributed by atoms with Crippen molar-refractivity contribution in [2.75, 3.05) is 0 Å². The number of nitrogens with one attached hydrogen (secondary N) is 1. The van der Waals surface area contributed by atoms with Gasteiger partial charge in [0, 0.05) is 29.9 Å². The first-order valence-electron chi connectivity index (χ1n) is 10.2. The maximum absolute atomic E-state index is 12.7. The van der Waals surface area contributed by atoms with Crippen LogP contribution < -0.4 is 16.4 Å². The predicted octanol–water partition coefficient (Wildman–Crippen LogP) is 3.21. The summed E-state index contributed by atoms with van der Waals surface area (Å²) in [4.78, 5) is 42.0. The molecule has 0 saturated heterocycles. The van der Waals surface area contributed by atoms with Crippen molar-refractivity contribution in [3.8, 4) is 0 Å². The van der Waals surface area contributed by atoms with Crippen molar-refractivity contribution < 1.29 is 4.79 Å². The first-order chi connectivity index (χ1) is 15.5. The third-order valence-corrected chi connectivity index (χ3v) is 5.48. The van der Waals surface area contributed by atoms with Crippen LogP contribution in [0.2, 0.25) is 5.02 Å². The minimum atomic E-state index is -0.600. The molecule has 2 aromatic carbocycles. The number of nitrogens with zero attached hydrogens (tertiary/aromatic N) is 3. The van der Waals surface area contributed by atoms with Gasteiger partial charge in [-0.3, -0.25) is 23.5 Å². The Bertz CT molecular complexity index is 1390. The van der Waals surface area contributed by atoms with Crippen LogP contribution in [0.1, 0.15) is 28.4 Å². The van der Waals surface area contributed by atoms with Gasteiger partial charge in [0.1, 0.15) is 0 Å².